The Hall–Kier alpha value is -0.410. The van der Waals surface area contributed by atoms with Crippen LogP contribution in [0.3, 0.4) is 0 Å². The van der Waals surface area contributed by atoms with Crippen LogP contribution in [0.4, 0.5) is 0 Å². The van der Waals surface area contributed by atoms with Gasteiger partial charge in [0.15, 0.2) is 0 Å². The van der Waals surface area contributed by atoms with E-state index in [2.05, 4.69) is 0 Å². The molecule has 0 bridgehead atoms. The summed E-state index contributed by atoms with van der Waals surface area (Å²) in [4.78, 5) is 0. The number of rotatable bonds is 5. The maximum atomic E-state index is 9.03. The van der Waals surface area contributed by atoms with Gasteiger partial charge < -0.3 is 9.52 Å². The molecule has 1 heterocycles. The third-order valence-corrected chi connectivity index (χ3v) is 2.87. The normalized spacial score (nSPS) is 13.2. The van der Waals surface area contributed by atoms with E-state index in [0.29, 0.717) is 0 Å². The van der Waals surface area contributed by atoms with Gasteiger partial charge in [0, 0.05) is 0 Å². The number of thioether (sulfide) groups is 1. The third-order valence-electron chi connectivity index (χ3n) is 1.88. The van der Waals surface area contributed by atoms with E-state index in [9.17, 15) is 0 Å². The van der Waals surface area contributed by atoms with Crippen LogP contribution >= 0.6 is 11.8 Å². The first-order valence-corrected chi connectivity index (χ1v) is 5.64. The summed E-state index contributed by atoms with van der Waals surface area (Å²) in [7, 11) is 0. The highest BCUT2D eigenvalue weighted by Crippen LogP contribution is 2.17. The van der Waals surface area contributed by atoms with E-state index < -0.39 is 0 Å². The molecule has 0 saturated heterocycles. The largest absolute Gasteiger partial charge is 0.468 e. The van der Waals surface area contributed by atoms with Crippen LogP contribution in [0.15, 0.2) is 16.7 Å². The number of aryl methyl sites for hydroxylation is 1. The van der Waals surface area contributed by atoms with Crippen molar-refractivity contribution in [1.82, 2.24) is 0 Å². The Morgan fingerprint density at radius 2 is 2.38 bits per heavy atom. The van der Waals surface area contributed by atoms with Crippen molar-refractivity contribution in [3.63, 3.8) is 0 Å². The van der Waals surface area contributed by atoms with Crippen molar-refractivity contribution in [3.05, 3.63) is 23.7 Å². The van der Waals surface area contributed by atoms with Gasteiger partial charge in [-0.15, -0.1) is 0 Å². The SMILES string of the molecule is Cc1ccoc1CSCCC(C)O. The number of hydrogen-bond donors (Lipinski definition) is 1. The van der Waals surface area contributed by atoms with Crippen molar-refractivity contribution in [2.45, 2.75) is 32.1 Å². The Balaban J connectivity index is 2.17. The second-order valence-electron chi connectivity index (χ2n) is 3.22. The molecule has 0 amide bonds. The van der Waals surface area contributed by atoms with Gasteiger partial charge in [-0.1, -0.05) is 0 Å². The Bertz CT molecular complexity index is 243. The zero-order valence-corrected chi connectivity index (χ0v) is 8.93. The third kappa shape index (κ3) is 3.87. The van der Waals surface area contributed by atoms with E-state index in [1.165, 1.54) is 5.56 Å². The molecule has 1 aromatic heterocycles. The molecular formula is C10H16O2S. The molecule has 0 radical (unpaired) electrons. The van der Waals surface area contributed by atoms with Crippen LogP contribution in [-0.4, -0.2) is 17.0 Å². The van der Waals surface area contributed by atoms with E-state index in [1.807, 2.05) is 19.9 Å². The lowest BCUT2D eigenvalue weighted by molar-refractivity contribution is 0.192. The molecule has 1 atom stereocenters. The van der Waals surface area contributed by atoms with E-state index in [0.717, 1.165) is 23.7 Å². The quantitative estimate of drug-likeness (QED) is 0.742. The van der Waals surface area contributed by atoms with Gasteiger partial charge in [-0.3, -0.25) is 0 Å². The predicted octanol–water partition coefficient (Wildman–Crippen LogP) is 2.59. The first-order chi connectivity index (χ1) is 6.20. The fourth-order valence-corrected chi connectivity index (χ4v) is 2.10. The fourth-order valence-electron chi connectivity index (χ4n) is 0.971. The summed E-state index contributed by atoms with van der Waals surface area (Å²) in [6.07, 6.45) is 2.38. The summed E-state index contributed by atoms with van der Waals surface area (Å²) in [5, 5.41) is 9.03. The number of hydrogen-bond acceptors (Lipinski definition) is 3. The highest BCUT2D eigenvalue weighted by atomic mass is 32.2. The molecule has 0 aliphatic carbocycles. The molecule has 1 rings (SSSR count). The van der Waals surface area contributed by atoms with Crippen LogP contribution in [0.25, 0.3) is 0 Å². The molecule has 0 aliphatic heterocycles. The maximum absolute atomic E-state index is 9.03. The van der Waals surface area contributed by atoms with Crippen LogP contribution in [0.2, 0.25) is 0 Å². The summed E-state index contributed by atoms with van der Waals surface area (Å²) in [6.45, 7) is 3.87. The summed E-state index contributed by atoms with van der Waals surface area (Å²) >= 11 is 1.80. The molecular weight excluding hydrogens is 184 g/mol. The van der Waals surface area contributed by atoms with Gasteiger partial charge in [-0.05, 0) is 37.7 Å². The molecule has 0 aliphatic rings. The number of furan rings is 1. The topological polar surface area (TPSA) is 33.4 Å². The second kappa shape index (κ2) is 5.35. The molecule has 1 aromatic rings. The van der Waals surface area contributed by atoms with E-state index >= 15 is 0 Å². The fraction of sp³-hybridized carbons (Fsp3) is 0.600. The molecule has 13 heavy (non-hydrogen) atoms. The molecule has 0 spiro atoms. The predicted molar refractivity (Wildman–Crippen MR) is 55.9 cm³/mol. The number of aliphatic hydroxyl groups excluding tert-OH is 1. The highest BCUT2D eigenvalue weighted by molar-refractivity contribution is 7.98. The highest BCUT2D eigenvalue weighted by Gasteiger charge is 2.02. The summed E-state index contributed by atoms with van der Waals surface area (Å²) in [5.74, 6) is 2.94. The Labute approximate surface area is 83.3 Å². The Morgan fingerprint density at radius 3 is 2.92 bits per heavy atom. The second-order valence-corrected chi connectivity index (χ2v) is 4.32. The van der Waals surface area contributed by atoms with Gasteiger partial charge >= 0.3 is 0 Å². The molecule has 0 aromatic carbocycles. The summed E-state index contributed by atoms with van der Waals surface area (Å²) < 4.78 is 5.29. The van der Waals surface area contributed by atoms with Crippen molar-refractivity contribution in [3.8, 4) is 0 Å². The standard InChI is InChI=1S/C10H16O2S/c1-8-3-5-12-10(8)7-13-6-4-9(2)11/h3,5,9,11H,4,6-7H2,1-2H3. The van der Waals surface area contributed by atoms with Gasteiger partial charge in [-0.25, -0.2) is 0 Å². The smallest absolute Gasteiger partial charge is 0.116 e. The zero-order valence-electron chi connectivity index (χ0n) is 8.12. The minimum atomic E-state index is -0.190. The van der Waals surface area contributed by atoms with Gasteiger partial charge in [-0.2, -0.15) is 11.8 Å². The first kappa shape index (κ1) is 10.7. The van der Waals surface area contributed by atoms with Crippen LogP contribution < -0.4 is 0 Å². The Kier molecular flexibility index (Phi) is 4.39. The van der Waals surface area contributed by atoms with Gasteiger partial charge in [0.2, 0.25) is 0 Å². The molecule has 74 valence electrons. The van der Waals surface area contributed by atoms with Crippen molar-refractivity contribution in [2.24, 2.45) is 0 Å². The van der Waals surface area contributed by atoms with Crippen molar-refractivity contribution < 1.29 is 9.52 Å². The lowest BCUT2D eigenvalue weighted by atomic mass is 10.3. The zero-order chi connectivity index (χ0) is 9.68. The average Bonchev–Trinajstić information content (AvgIpc) is 2.45. The van der Waals surface area contributed by atoms with Gasteiger partial charge in [0.1, 0.15) is 5.76 Å². The average molecular weight is 200 g/mol. The lowest BCUT2D eigenvalue weighted by Gasteiger charge is -2.02. The van der Waals surface area contributed by atoms with Crippen LogP contribution in [0.1, 0.15) is 24.7 Å². The first-order valence-electron chi connectivity index (χ1n) is 4.49. The monoisotopic (exact) mass is 200 g/mol. The van der Waals surface area contributed by atoms with Crippen LogP contribution in [0, 0.1) is 6.92 Å². The van der Waals surface area contributed by atoms with Crippen molar-refractivity contribution in [1.29, 1.82) is 0 Å². The van der Waals surface area contributed by atoms with E-state index in [1.54, 1.807) is 18.0 Å². The molecule has 2 nitrogen and oxygen atoms in total. The van der Waals surface area contributed by atoms with Crippen LogP contribution in [-0.2, 0) is 5.75 Å². The minimum Gasteiger partial charge on any atom is -0.468 e. The van der Waals surface area contributed by atoms with E-state index in [-0.39, 0.29) is 6.10 Å². The molecule has 3 heteroatoms. The van der Waals surface area contributed by atoms with Gasteiger partial charge in [0.25, 0.3) is 0 Å². The molecule has 1 N–H and O–H groups in total. The van der Waals surface area contributed by atoms with E-state index in [4.69, 9.17) is 9.52 Å². The molecule has 0 fully saturated rings. The van der Waals surface area contributed by atoms with Gasteiger partial charge in [0.05, 0.1) is 18.1 Å². The van der Waals surface area contributed by atoms with Crippen LogP contribution in [0.5, 0.6) is 0 Å². The summed E-state index contributed by atoms with van der Waals surface area (Å²) in [6, 6.07) is 1.98. The minimum absolute atomic E-state index is 0.190. The summed E-state index contributed by atoms with van der Waals surface area (Å²) in [5.41, 5.74) is 1.21. The van der Waals surface area contributed by atoms with Crippen molar-refractivity contribution in [2.75, 3.05) is 5.75 Å². The lowest BCUT2D eigenvalue weighted by Crippen LogP contribution is -2.00. The maximum Gasteiger partial charge on any atom is 0.116 e. The molecule has 0 saturated carbocycles. The number of aliphatic hydroxyl groups is 1. The van der Waals surface area contributed by atoms with Crippen molar-refractivity contribution >= 4 is 11.8 Å². The molecule has 1 unspecified atom stereocenters. The Morgan fingerprint density at radius 1 is 1.62 bits per heavy atom.